The summed E-state index contributed by atoms with van der Waals surface area (Å²) in [4.78, 5) is 18.8. The first-order valence-electron chi connectivity index (χ1n) is 10.1. The van der Waals surface area contributed by atoms with Crippen LogP contribution in [0, 0.1) is 5.82 Å². The minimum Gasteiger partial charge on any atom is -0.492 e. The Morgan fingerprint density at radius 1 is 0.933 bits per heavy atom. The van der Waals surface area contributed by atoms with E-state index in [2.05, 4.69) is 9.88 Å². The lowest BCUT2D eigenvalue weighted by Gasteiger charge is -2.15. The number of benzene rings is 2. The van der Waals surface area contributed by atoms with Crippen LogP contribution in [0.2, 0.25) is 0 Å². The smallest absolute Gasteiger partial charge is 0.355 e. The molecule has 1 fully saturated rings. The molecule has 0 radical (unpaired) electrons. The van der Waals surface area contributed by atoms with E-state index in [1.807, 2.05) is 24.3 Å². The number of likely N-dealkylation sites (tertiary alicyclic amines) is 1. The lowest BCUT2D eigenvalue weighted by Crippen LogP contribution is -2.25. The zero-order valence-corrected chi connectivity index (χ0v) is 16.7. The molecule has 3 aromatic rings. The van der Waals surface area contributed by atoms with Crippen LogP contribution in [0.15, 0.2) is 65.6 Å². The average molecular weight is 409 g/mol. The van der Waals surface area contributed by atoms with E-state index in [9.17, 15) is 9.18 Å². The Labute approximate surface area is 174 Å². The SMILES string of the molecule is O=c1nc(OCc2ccc(F)cc2)ccn1-c1ccc(OCCN2CCCC2)cc1. The van der Waals surface area contributed by atoms with Crippen LogP contribution in [0.1, 0.15) is 18.4 Å². The first kappa shape index (κ1) is 20.1. The molecule has 0 spiro atoms. The Balaban J connectivity index is 1.34. The number of hydrogen-bond donors (Lipinski definition) is 0. The molecular formula is C23H24FN3O3. The van der Waals surface area contributed by atoms with Crippen molar-refractivity contribution in [3.63, 3.8) is 0 Å². The van der Waals surface area contributed by atoms with Crippen molar-refractivity contribution in [2.75, 3.05) is 26.2 Å². The molecule has 30 heavy (non-hydrogen) atoms. The van der Waals surface area contributed by atoms with Gasteiger partial charge in [0.05, 0.1) is 5.69 Å². The van der Waals surface area contributed by atoms with Crippen molar-refractivity contribution in [1.29, 1.82) is 0 Å². The van der Waals surface area contributed by atoms with Crippen molar-refractivity contribution in [3.8, 4) is 17.3 Å². The molecule has 1 aliphatic heterocycles. The van der Waals surface area contributed by atoms with Gasteiger partial charge in [-0.25, -0.2) is 9.18 Å². The van der Waals surface area contributed by atoms with Gasteiger partial charge in [0.15, 0.2) is 0 Å². The normalized spacial score (nSPS) is 14.0. The molecule has 0 atom stereocenters. The molecule has 0 bridgehead atoms. The highest BCUT2D eigenvalue weighted by atomic mass is 19.1. The standard InChI is InChI=1S/C23H24FN3O3/c24-19-5-3-18(4-6-19)17-30-22-11-14-27(23(28)25-22)20-7-9-21(10-8-20)29-16-15-26-12-1-2-13-26/h3-11,14H,1-2,12-13,15-17H2. The molecule has 2 heterocycles. The highest BCUT2D eigenvalue weighted by molar-refractivity contribution is 5.37. The van der Waals surface area contributed by atoms with Crippen LogP contribution in [0.5, 0.6) is 11.6 Å². The highest BCUT2D eigenvalue weighted by Gasteiger charge is 2.11. The number of nitrogens with zero attached hydrogens (tertiary/aromatic N) is 3. The van der Waals surface area contributed by atoms with E-state index in [0.29, 0.717) is 12.3 Å². The van der Waals surface area contributed by atoms with E-state index in [-0.39, 0.29) is 18.3 Å². The maximum absolute atomic E-state index is 13.0. The molecule has 0 saturated carbocycles. The highest BCUT2D eigenvalue weighted by Crippen LogP contribution is 2.16. The summed E-state index contributed by atoms with van der Waals surface area (Å²) in [5.74, 6) is 0.697. The quantitative estimate of drug-likeness (QED) is 0.571. The summed E-state index contributed by atoms with van der Waals surface area (Å²) >= 11 is 0. The Morgan fingerprint density at radius 2 is 1.67 bits per heavy atom. The summed E-state index contributed by atoms with van der Waals surface area (Å²) < 4.78 is 25.7. The summed E-state index contributed by atoms with van der Waals surface area (Å²) in [6.07, 6.45) is 4.17. The predicted octanol–water partition coefficient (Wildman–Crippen LogP) is 3.43. The van der Waals surface area contributed by atoms with Gasteiger partial charge in [-0.3, -0.25) is 9.47 Å². The minimum atomic E-state index is -0.436. The number of hydrogen-bond acceptors (Lipinski definition) is 5. The largest absolute Gasteiger partial charge is 0.492 e. The van der Waals surface area contributed by atoms with Crippen LogP contribution >= 0.6 is 0 Å². The van der Waals surface area contributed by atoms with Crippen LogP contribution in [0.25, 0.3) is 5.69 Å². The molecular weight excluding hydrogens is 385 g/mol. The zero-order chi connectivity index (χ0) is 20.8. The molecule has 0 unspecified atom stereocenters. The van der Waals surface area contributed by atoms with E-state index in [1.54, 1.807) is 24.4 Å². The fourth-order valence-electron chi connectivity index (χ4n) is 3.40. The molecule has 1 saturated heterocycles. The van der Waals surface area contributed by atoms with Gasteiger partial charge in [-0.15, -0.1) is 0 Å². The summed E-state index contributed by atoms with van der Waals surface area (Å²) in [6.45, 7) is 4.11. The van der Waals surface area contributed by atoms with Gasteiger partial charge >= 0.3 is 5.69 Å². The molecule has 0 N–H and O–H groups in total. The summed E-state index contributed by atoms with van der Waals surface area (Å²) in [5.41, 5.74) is 1.06. The zero-order valence-electron chi connectivity index (χ0n) is 16.7. The molecule has 0 aliphatic carbocycles. The molecule has 4 rings (SSSR count). The van der Waals surface area contributed by atoms with E-state index < -0.39 is 5.69 Å². The Morgan fingerprint density at radius 3 is 2.37 bits per heavy atom. The molecule has 6 nitrogen and oxygen atoms in total. The summed E-state index contributed by atoms with van der Waals surface area (Å²) in [5, 5.41) is 0. The lowest BCUT2D eigenvalue weighted by atomic mass is 10.2. The monoisotopic (exact) mass is 409 g/mol. The van der Waals surface area contributed by atoms with Crippen molar-refractivity contribution in [1.82, 2.24) is 14.5 Å². The van der Waals surface area contributed by atoms with Crippen molar-refractivity contribution >= 4 is 0 Å². The summed E-state index contributed by atoms with van der Waals surface area (Å²) in [6, 6.07) is 15.0. The van der Waals surface area contributed by atoms with Gasteiger partial charge in [0.2, 0.25) is 5.88 Å². The molecule has 7 heteroatoms. The summed E-state index contributed by atoms with van der Waals surface area (Å²) in [7, 11) is 0. The van der Waals surface area contributed by atoms with E-state index in [4.69, 9.17) is 9.47 Å². The van der Waals surface area contributed by atoms with Crippen molar-refractivity contribution < 1.29 is 13.9 Å². The number of ether oxygens (including phenoxy) is 2. The Kier molecular flexibility index (Phi) is 6.39. The Bertz CT molecular complexity index is 1010. The minimum absolute atomic E-state index is 0.209. The third-order valence-corrected chi connectivity index (χ3v) is 5.07. The van der Waals surface area contributed by atoms with Gasteiger partial charge < -0.3 is 9.47 Å². The van der Waals surface area contributed by atoms with Gasteiger partial charge in [0.1, 0.15) is 24.8 Å². The second-order valence-electron chi connectivity index (χ2n) is 7.22. The maximum atomic E-state index is 13.0. The van der Waals surface area contributed by atoms with Crippen molar-refractivity contribution in [3.05, 3.63) is 82.7 Å². The van der Waals surface area contributed by atoms with Gasteiger partial charge in [0, 0.05) is 18.8 Å². The van der Waals surface area contributed by atoms with E-state index in [1.165, 1.54) is 29.5 Å². The second-order valence-corrected chi connectivity index (χ2v) is 7.22. The number of aromatic nitrogens is 2. The maximum Gasteiger partial charge on any atom is 0.355 e. The van der Waals surface area contributed by atoms with Gasteiger partial charge in [0.25, 0.3) is 0 Å². The first-order chi connectivity index (χ1) is 14.7. The fraction of sp³-hybridized carbons (Fsp3) is 0.304. The third-order valence-electron chi connectivity index (χ3n) is 5.07. The Hall–Kier alpha value is -3.19. The average Bonchev–Trinajstić information content (AvgIpc) is 3.28. The van der Waals surface area contributed by atoms with Gasteiger partial charge in [-0.05, 0) is 67.9 Å². The molecule has 2 aromatic carbocycles. The molecule has 0 amide bonds. The molecule has 1 aromatic heterocycles. The van der Waals surface area contributed by atoms with E-state index >= 15 is 0 Å². The third kappa shape index (κ3) is 5.24. The van der Waals surface area contributed by atoms with E-state index in [0.717, 1.165) is 30.9 Å². The second kappa shape index (κ2) is 9.54. The molecule has 156 valence electrons. The van der Waals surface area contributed by atoms with Crippen LogP contribution in [-0.4, -0.2) is 40.7 Å². The molecule has 1 aliphatic rings. The number of halogens is 1. The lowest BCUT2D eigenvalue weighted by molar-refractivity contribution is 0.238. The van der Waals surface area contributed by atoms with Crippen LogP contribution in [0.3, 0.4) is 0 Å². The topological polar surface area (TPSA) is 56.6 Å². The van der Waals surface area contributed by atoms with Crippen LogP contribution in [0.4, 0.5) is 4.39 Å². The predicted molar refractivity (Wildman–Crippen MR) is 112 cm³/mol. The van der Waals surface area contributed by atoms with Gasteiger partial charge in [-0.1, -0.05) is 12.1 Å². The van der Waals surface area contributed by atoms with Crippen LogP contribution < -0.4 is 15.2 Å². The fourth-order valence-corrected chi connectivity index (χ4v) is 3.40. The number of rotatable bonds is 8. The van der Waals surface area contributed by atoms with Gasteiger partial charge in [-0.2, -0.15) is 4.98 Å². The van der Waals surface area contributed by atoms with Crippen LogP contribution in [-0.2, 0) is 6.61 Å². The van der Waals surface area contributed by atoms with Crippen molar-refractivity contribution in [2.24, 2.45) is 0 Å². The first-order valence-corrected chi connectivity index (χ1v) is 10.1. The van der Waals surface area contributed by atoms with Crippen molar-refractivity contribution in [2.45, 2.75) is 19.4 Å².